The van der Waals surface area contributed by atoms with Crippen LogP contribution >= 0.6 is 0 Å². The fourth-order valence-electron chi connectivity index (χ4n) is 2.93. The molecule has 0 bridgehead atoms. The largest absolute Gasteiger partial charge is 0.481 e. The van der Waals surface area contributed by atoms with Gasteiger partial charge in [0.2, 0.25) is 5.91 Å². The van der Waals surface area contributed by atoms with E-state index in [4.69, 9.17) is 5.11 Å². The zero-order valence-electron chi connectivity index (χ0n) is 11.7. The SMILES string of the molecule is O=C(O)[C@H]1CCCN(C(=O)Cn2ccc3ccccc32)C1. The van der Waals surface area contributed by atoms with Crippen LogP contribution in [0.2, 0.25) is 0 Å². The first-order valence-corrected chi connectivity index (χ1v) is 7.19. The predicted molar refractivity (Wildman–Crippen MR) is 78.9 cm³/mol. The molecule has 2 heterocycles. The van der Waals surface area contributed by atoms with Crippen molar-refractivity contribution in [2.45, 2.75) is 19.4 Å². The Morgan fingerprint density at radius 3 is 2.86 bits per heavy atom. The highest BCUT2D eigenvalue weighted by atomic mass is 16.4. The van der Waals surface area contributed by atoms with Crippen LogP contribution in [0.15, 0.2) is 36.5 Å². The predicted octanol–water partition coefficient (Wildman–Crippen LogP) is 1.96. The van der Waals surface area contributed by atoms with Crippen LogP contribution < -0.4 is 0 Å². The fourth-order valence-corrected chi connectivity index (χ4v) is 2.93. The number of carbonyl (C=O) groups excluding carboxylic acids is 1. The lowest BCUT2D eigenvalue weighted by Crippen LogP contribution is -2.43. The Morgan fingerprint density at radius 1 is 1.24 bits per heavy atom. The van der Waals surface area contributed by atoms with E-state index in [2.05, 4.69) is 0 Å². The maximum Gasteiger partial charge on any atom is 0.308 e. The zero-order chi connectivity index (χ0) is 14.8. The molecule has 3 rings (SSSR count). The number of aromatic nitrogens is 1. The molecule has 0 radical (unpaired) electrons. The summed E-state index contributed by atoms with van der Waals surface area (Å²) in [4.78, 5) is 25.1. The number of carboxylic acids is 1. The van der Waals surface area contributed by atoms with Gasteiger partial charge in [0.05, 0.1) is 5.92 Å². The zero-order valence-corrected chi connectivity index (χ0v) is 11.7. The lowest BCUT2D eigenvalue weighted by Gasteiger charge is -2.30. The number of piperidine rings is 1. The average molecular weight is 286 g/mol. The number of nitrogens with zero attached hydrogens (tertiary/aromatic N) is 2. The average Bonchev–Trinajstić information content (AvgIpc) is 2.91. The van der Waals surface area contributed by atoms with Gasteiger partial charge < -0.3 is 14.6 Å². The van der Waals surface area contributed by atoms with Gasteiger partial charge in [0, 0.05) is 24.8 Å². The highest BCUT2D eigenvalue weighted by Crippen LogP contribution is 2.19. The Balaban J connectivity index is 1.72. The minimum Gasteiger partial charge on any atom is -0.481 e. The molecule has 5 heteroatoms. The summed E-state index contributed by atoms with van der Waals surface area (Å²) in [5.74, 6) is -1.25. The van der Waals surface area contributed by atoms with Crippen molar-refractivity contribution < 1.29 is 14.7 Å². The van der Waals surface area contributed by atoms with E-state index >= 15 is 0 Å². The number of fused-ring (bicyclic) bond motifs is 1. The number of amides is 1. The molecule has 5 nitrogen and oxygen atoms in total. The second-order valence-corrected chi connectivity index (χ2v) is 5.52. The van der Waals surface area contributed by atoms with Crippen molar-refractivity contribution in [1.82, 2.24) is 9.47 Å². The molecule has 1 N–H and O–H groups in total. The first kappa shape index (κ1) is 13.7. The Bertz CT molecular complexity index is 677. The molecule has 1 aromatic heterocycles. The molecule has 110 valence electrons. The first-order valence-electron chi connectivity index (χ1n) is 7.19. The van der Waals surface area contributed by atoms with Crippen LogP contribution in [-0.2, 0) is 16.1 Å². The standard InChI is InChI=1S/C16H18N2O3/c19-15(18-8-3-5-13(10-18)16(20)21)11-17-9-7-12-4-1-2-6-14(12)17/h1-2,4,6-7,9,13H,3,5,8,10-11H2,(H,20,21)/t13-/m0/s1. The molecule has 1 aromatic carbocycles. The number of rotatable bonds is 3. The van der Waals surface area contributed by atoms with Gasteiger partial charge in [-0.1, -0.05) is 18.2 Å². The number of carboxylic acid groups (broad SMARTS) is 1. The van der Waals surface area contributed by atoms with Crippen molar-refractivity contribution in [3.8, 4) is 0 Å². The van der Waals surface area contributed by atoms with Gasteiger partial charge in [0.15, 0.2) is 0 Å². The third-order valence-corrected chi connectivity index (χ3v) is 4.11. The Kier molecular flexibility index (Phi) is 3.64. The normalized spacial score (nSPS) is 18.9. The summed E-state index contributed by atoms with van der Waals surface area (Å²) in [6, 6.07) is 9.90. The lowest BCUT2D eigenvalue weighted by molar-refractivity contribution is -0.145. The first-order chi connectivity index (χ1) is 10.1. The molecule has 1 fully saturated rings. The highest BCUT2D eigenvalue weighted by Gasteiger charge is 2.28. The molecule has 1 amide bonds. The topological polar surface area (TPSA) is 62.5 Å². The van der Waals surface area contributed by atoms with Crippen molar-refractivity contribution in [3.63, 3.8) is 0 Å². The Morgan fingerprint density at radius 2 is 2.05 bits per heavy atom. The van der Waals surface area contributed by atoms with Crippen molar-refractivity contribution in [3.05, 3.63) is 36.5 Å². The van der Waals surface area contributed by atoms with Crippen molar-refractivity contribution >= 4 is 22.8 Å². The molecule has 0 unspecified atom stereocenters. The molecule has 1 aliphatic heterocycles. The molecule has 2 aromatic rings. The van der Waals surface area contributed by atoms with Gasteiger partial charge in [-0.3, -0.25) is 9.59 Å². The van der Waals surface area contributed by atoms with Gasteiger partial charge in [-0.25, -0.2) is 0 Å². The summed E-state index contributed by atoms with van der Waals surface area (Å²) in [6.45, 7) is 1.25. The van der Waals surface area contributed by atoms with E-state index in [0.717, 1.165) is 17.3 Å². The monoisotopic (exact) mass is 286 g/mol. The van der Waals surface area contributed by atoms with Crippen LogP contribution in [0.1, 0.15) is 12.8 Å². The van der Waals surface area contributed by atoms with Crippen molar-refractivity contribution in [1.29, 1.82) is 0 Å². The van der Waals surface area contributed by atoms with Crippen LogP contribution in [0.4, 0.5) is 0 Å². The highest BCUT2D eigenvalue weighted by molar-refractivity contribution is 5.83. The van der Waals surface area contributed by atoms with Crippen LogP contribution in [0.3, 0.4) is 0 Å². The van der Waals surface area contributed by atoms with Gasteiger partial charge in [-0.2, -0.15) is 0 Å². The van der Waals surface area contributed by atoms with Crippen molar-refractivity contribution in [2.24, 2.45) is 5.92 Å². The van der Waals surface area contributed by atoms with Gasteiger partial charge in [0.1, 0.15) is 6.54 Å². The number of likely N-dealkylation sites (tertiary alicyclic amines) is 1. The summed E-state index contributed by atoms with van der Waals surface area (Å²) < 4.78 is 1.92. The van der Waals surface area contributed by atoms with E-state index in [1.54, 1.807) is 4.90 Å². The number of para-hydroxylation sites is 1. The summed E-state index contributed by atoms with van der Waals surface area (Å²) >= 11 is 0. The minimum absolute atomic E-state index is 0.0118. The quantitative estimate of drug-likeness (QED) is 0.938. The summed E-state index contributed by atoms with van der Waals surface area (Å²) in [5.41, 5.74) is 1.03. The van der Waals surface area contributed by atoms with E-state index in [1.807, 2.05) is 41.1 Å². The third-order valence-electron chi connectivity index (χ3n) is 4.11. The molecule has 21 heavy (non-hydrogen) atoms. The van der Waals surface area contributed by atoms with E-state index in [9.17, 15) is 9.59 Å². The maximum absolute atomic E-state index is 12.4. The summed E-state index contributed by atoms with van der Waals surface area (Å²) in [7, 11) is 0. The van der Waals surface area contributed by atoms with E-state index in [-0.39, 0.29) is 12.5 Å². The Labute approximate surface area is 122 Å². The maximum atomic E-state index is 12.4. The molecule has 0 saturated carbocycles. The summed E-state index contributed by atoms with van der Waals surface area (Å²) in [5, 5.41) is 10.2. The second kappa shape index (κ2) is 5.60. The number of carbonyl (C=O) groups is 2. The molecule has 0 aliphatic carbocycles. The van der Waals surface area contributed by atoms with Gasteiger partial charge in [-0.05, 0) is 30.4 Å². The number of hydrogen-bond acceptors (Lipinski definition) is 2. The van der Waals surface area contributed by atoms with Gasteiger partial charge in [0.25, 0.3) is 0 Å². The smallest absolute Gasteiger partial charge is 0.308 e. The number of hydrogen-bond donors (Lipinski definition) is 1. The molecule has 1 aliphatic rings. The molecular formula is C16H18N2O3. The van der Waals surface area contributed by atoms with Crippen LogP contribution in [0, 0.1) is 5.92 Å². The summed E-state index contributed by atoms with van der Waals surface area (Å²) in [6.07, 6.45) is 3.32. The molecule has 0 spiro atoms. The number of benzene rings is 1. The lowest BCUT2D eigenvalue weighted by atomic mass is 9.98. The fraction of sp³-hybridized carbons (Fsp3) is 0.375. The van der Waals surface area contributed by atoms with E-state index < -0.39 is 11.9 Å². The molecular weight excluding hydrogens is 268 g/mol. The van der Waals surface area contributed by atoms with Crippen molar-refractivity contribution in [2.75, 3.05) is 13.1 Å². The van der Waals surface area contributed by atoms with Crippen LogP contribution in [0.25, 0.3) is 10.9 Å². The van der Waals surface area contributed by atoms with Crippen LogP contribution in [-0.4, -0.2) is 39.5 Å². The minimum atomic E-state index is -0.807. The molecule has 1 atom stereocenters. The molecule has 1 saturated heterocycles. The van der Waals surface area contributed by atoms with Crippen LogP contribution in [0.5, 0.6) is 0 Å². The van der Waals surface area contributed by atoms with E-state index in [0.29, 0.717) is 19.5 Å². The number of aliphatic carboxylic acids is 1. The van der Waals surface area contributed by atoms with Gasteiger partial charge >= 0.3 is 5.97 Å². The second-order valence-electron chi connectivity index (χ2n) is 5.52. The van der Waals surface area contributed by atoms with E-state index in [1.165, 1.54) is 0 Å². The Hall–Kier alpha value is -2.30. The third kappa shape index (κ3) is 2.77. The van der Waals surface area contributed by atoms with Gasteiger partial charge in [-0.15, -0.1) is 0 Å².